The number of esters is 1. The summed E-state index contributed by atoms with van der Waals surface area (Å²) in [6.07, 6.45) is 0.795. The number of likely N-dealkylation sites (tertiary alicyclic amines) is 1. The van der Waals surface area contributed by atoms with Gasteiger partial charge in [0.25, 0.3) is 0 Å². The zero-order valence-corrected chi connectivity index (χ0v) is 12.2. The van der Waals surface area contributed by atoms with E-state index in [9.17, 15) is 9.59 Å². The molecule has 0 aromatic rings. The summed E-state index contributed by atoms with van der Waals surface area (Å²) >= 11 is 0. The van der Waals surface area contributed by atoms with Crippen LogP contribution in [0.1, 0.15) is 40.5 Å². The Labute approximate surface area is 114 Å². The maximum absolute atomic E-state index is 11.7. The lowest BCUT2D eigenvalue weighted by atomic mass is 9.93. The monoisotopic (exact) mass is 269 g/mol. The van der Waals surface area contributed by atoms with E-state index < -0.39 is 5.60 Å². The summed E-state index contributed by atoms with van der Waals surface area (Å²) in [7, 11) is 0. The van der Waals surface area contributed by atoms with Gasteiger partial charge in [-0.15, -0.1) is 0 Å². The number of hydrogen-bond acceptors (Lipinski definition) is 4. The zero-order valence-electron chi connectivity index (χ0n) is 12.2. The second-order valence-electron chi connectivity index (χ2n) is 5.54. The van der Waals surface area contributed by atoms with Gasteiger partial charge in [0.2, 0.25) is 0 Å². The van der Waals surface area contributed by atoms with Crippen LogP contribution in [0.3, 0.4) is 0 Å². The molecule has 1 rings (SSSR count). The van der Waals surface area contributed by atoms with Crippen molar-refractivity contribution in [3.8, 4) is 0 Å². The molecular formula is C14H23NO4. The van der Waals surface area contributed by atoms with Gasteiger partial charge in [0.1, 0.15) is 5.60 Å². The molecule has 0 radical (unpaired) electrons. The molecule has 1 aliphatic heterocycles. The molecule has 1 amide bonds. The van der Waals surface area contributed by atoms with Crippen LogP contribution in [0.5, 0.6) is 0 Å². The lowest BCUT2D eigenvalue weighted by Gasteiger charge is -2.38. The van der Waals surface area contributed by atoms with Gasteiger partial charge in [-0.05, 0) is 27.7 Å². The van der Waals surface area contributed by atoms with Crippen LogP contribution >= 0.6 is 0 Å². The summed E-state index contributed by atoms with van der Waals surface area (Å²) < 4.78 is 10.6. The van der Waals surface area contributed by atoms with Gasteiger partial charge in [0, 0.05) is 31.5 Å². The largest absolute Gasteiger partial charge is 0.456 e. The number of ether oxygens (including phenoxy) is 2. The second-order valence-corrected chi connectivity index (χ2v) is 5.54. The smallest absolute Gasteiger partial charge is 0.410 e. The van der Waals surface area contributed by atoms with Crippen LogP contribution in [0.2, 0.25) is 0 Å². The third kappa shape index (κ3) is 4.58. The van der Waals surface area contributed by atoms with Crippen molar-refractivity contribution in [2.24, 2.45) is 0 Å². The molecule has 1 aliphatic rings. The maximum Gasteiger partial charge on any atom is 0.410 e. The molecule has 1 saturated heterocycles. The first-order valence-electron chi connectivity index (χ1n) is 6.58. The van der Waals surface area contributed by atoms with Crippen molar-refractivity contribution < 1.29 is 19.1 Å². The van der Waals surface area contributed by atoms with Crippen LogP contribution in [0, 0.1) is 0 Å². The minimum Gasteiger partial charge on any atom is -0.456 e. The van der Waals surface area contributed by atoms with Crippen LogP contribution in [0.25, 0.3) is 0 Å². The van der Waals surface area contributed by atoms with Crippen molar-refractivity contribution in [1.82, 2.24) is 4.90 Å². The van der Waals surface area contributed by atoms with Gasteiger partial charge in [-0.25, -0.2) is 9.59 Å². The fraction of sp³-hybridized carbons (Fsp3) is 0.714. The molecule has 5 nitrogen and oxygen atoms in total. The minimum atomic E-state index is -0.523. The third-order valence-electron chi connectivity index (χ3n) is 3.10. The lowest BCUT2D eigenvalue weighted by molar-refractivity contribution is -0.157. The number of piperidine rings is 1. The lowest BCUT2D eigenvalue weighted by Crippen LogP contribution is -2.47. The highest BCUT2D eigenvalue weighted by Gasteiger charge is 2.35. The Morgan fingerprint density at radius 3 is 2.21 bits per heavy atom. The summed E-state index contributed by atoms with van der Waals surface area (Å²) in [5.74, 6) is -0.374. The first kappa shape index (κ1) is 15.5. The SMILES string of the molecule is C=C(C)C(=O)OC1(C)CCN(C(=O)OC(C)C)CC1. The third-order valence-corrected chi connectivity index (χ3v) is 3.10. The molecule has 0 aromatic carbocycles. The summed E-state index contributed by atoms with van der Waals surface area (Å²) in [5, 5.41) is 0. The molecule has 108 valence electrons. The molecule has 0 aliphatic carbocycles. The van der Waals surface area contributed by atoms with Crippen molar-refractivity contribution in [2.75, 3.05) is 13.1 Å². The fourth-order valence-corrected chi connectivity index (χ4v) is 1.85. The summed E-state index contributed by atoms with van der Waals surface area (Å²) in [5.41, 5.74) is -0.132. The standard InChI is InChI=1S/C14H23NO4/c1-10(2)12(16)19-14(5)6-8-15(9-7-14)13(17)18-11(3)4/h11H,1,6-9H2,2-5H3. The summed E-state index contributed by atoms with van der Waals surface area (Å²) in [6.45, 7) is 11.8. The fourth-order valence-electron chi connectivity index (χ4n) is 1.85. The van der Waals surface area contributed by atoms with Gasteiger partial charge in [-0.1, -0.05) is 6.58 Å². The van der Waals surface area contributed by atoms with E-state index in [0.29, 0.717) is 31.5 Å². The molecule has 0 N–H and O–H groups in total. The van der Waals surface area contributed by atoms with Crippen LogP contribution in [-0.4, -0.2) is 41.8 Å². The quantitative estimate of drug-likeness (QED) is 0.583. The van der Waals surface area contributed by atoms with E-state index in [0.717, 1.165) is 0 Å². The van der Waals surface area contributed by atoms with Gasteiger partial charge < -0.3 is 14.4 Å². The van der Waals surface area contributed by atoms with Crippen LogP contribution < -0.4 is 0 Å². The zero-order chi connectivity index (χ0) is 14.6. The number of nitrogens with zero attached hydrogens (tertiary/aromatic N) is 1. The molecule has 0 unspecified atom stereocenters. The average Bonchev–Trinajstić information content (AvgIpc) is 2.28. The maximum atomic E-state index is 11.7. The van der Waals surface area contributed by atoms with Crippen molar-refractivity contribution in [2.45, 2.75) is 52.2 Å². The highest BCUT2D eigenvalue weighted by molar-refractivity contribution is 5.87. The van der Waals surface area contributed by atoms with Gasteiger partial charge in [0.15, 0.2) is 0 Å². The number of rotatable bonds is 3. The van der Waals surface area contributed by atoms with Gasteiger partial charge in [0.05, 0.1) is 6.10 Å². The van der Waals surface area contributed by atoms with E-state index >= 15 is 0 Å². The predicted molar refractivity (Wildman–Crippen MR) is 71.7 cm³/mol. The predicted octanol–water partition coefficient (Wildman–Crippen LogP) is 2.51. The van der Waals surface area contributed by atoms with E-state index in [-0.39, 0.29) is 18.2 Å². The average molecular weight is 269 g/mol. The number of amides is 1. The Morgan fingerprint density at radius 2 is 1.79 bits per heavy atom. The Hall–Kier alpha value is -1.52. The van der Waals surface area contributed by atoms with E-state index in [1.165, 1.54) is 0 Å². The number of carbonyl (C=O) groups excluding carboxylic acids is 2. The van der Waals surface area contributed by atoms with Crippen molar-refractivity contribution in [3.05, 3.63) is 12.2 Å². The highest BCUT2D eigenvalue weighted by atomic mass is 16.6. The Kier molecular flexibility index (Phi) is 4.97. The molecule has 0 atom stereocenters. The first-order valence-corrected chi connectivity index (χ1v) is 6.58. The van der Waals surface area contributed by atoms with Crippen molar-refractivity contribution in [1.29, 1.82) is 0 Å². The van der Waals surface area contributed by atoms with E-state index in [4.69, 9.17) is 9.47 Å². The molecule has 1 fully saturated rings. The second kappa shape index (κ2) is 6.08. The van der Waals surface area contributed by atoms with Crippen LogP contribution in [0.15, 0.2) is 12.2 Å². The van der Waals surface area contributed by atoms with Gasteiger partial charge in [-0.2, -0.15) is 0 Å². The molecule has 0 spiro atoms. The van der Waals surface area contributed by atoms with Crippen LogP contribution in [-0.2, 0) is 14.3 Å². The molecule has 0 aromatic heterocycles. The van der Waals surface area contributed by atoms with E-state index in [1.54, 1.807) is 11.8 Å². The minimum absolute atomic E-state index is 0.123. The first-order chi connectivity index (χ1) is 8.73. The summed E-state index contributed by atoms with van der Waals surface area (Å²) in [4.78, 5) is 24.9. The molecular weight excluding hydrogens is 246 g/mol. The van der Waals surface area contributed by atoms with Gasteiger partial charge >= 0.3 is 12.1 Å². The summed E-state index contributed by atoms with van der Waals surface area (Å²) in [6, 6.07) is 0. The Bertz CT molecular complexity index is 368. The Balaban J connectivity index is 2.49. The number of carbonyl (C=O) groups is 2. The topological polar surface area (TPSA) is 55.8 Å². The van der Waals surface area contributed by atoms with Crippen molar-refractivity contribution in [3.63, 3.8) is 0 Å². The molecule has 1 heterocycles. The van der Waals surface area contributed by atoms with E-state index in [1.807, 2.05) is 20.8 Å². The normalized spacial score (nSPS) is 18.1. The molecule has 0 bridgehead atoms. The van der Waals surface area contributed by atoms with Crippen LogP contribution in [0.4, 0.5) is 4.79 Å². The van der Waals surface area contributed by atoms with Crippen molar-refractivity contribution >= 4 is 12.1 Å². The highest BCUT2D eigenvalue weighted by Crippen LogP contribution is 2.27. The molecule has 5 heteroatoms. The Morgan fingerprint density at radius 1 is 1.26 bits per heavy atom. The van der Waals surface area contributed by atoms with E-state index in [2.05, 4.69) is 6.58 Å². The number of hydrogen-bond donors (Lipinski definition) is 0. The van der Waals surface area contributed by atoms with Gasteiger partial charge in [-0.3, -0.25) is 0 Å². The molecule has 19 heavy (non-hydrogen) atoms. The molecule has 0 saturated carbocycles.